The molecule has 1 aromatic heterocycles. The van der Waals surface area contributed by atoms with E-state index in [0.717, 1.165) is 41.0 Å². The number of fused-ring (bicyclic) bond motifs is 1. The molecule has 1 aliphatic rings. The summed E-state index contributed by atoms with van der Waals surface area (Å²) < 4.78 is 44.3. The van der Waals surface area contributed by atoms with Crippen LogP contribution in [0, 0.1) is 0 Å². The number of para-hydroxylation sites is 1. The second kappa shape index (κ2) is 8.69. The second-order valence-corrected chi connectivity index (χ2v) is 10.0. The maximum Gasteiger partial charge on any atom is 0.419 e. The molecule has 36 heavy (non-hydrogen) atoms. The molecule has 1 saturated carbocycles. The van der Waals surface area contributed by atoms with Gasteiger partial charge in [-0.05, 0) is 81.1 Å². The predicted molar refractivity (Wildman–Crippen MR) is 132 cm³/mol. The van der Waals surface area contributed by atoms with Crippen molar-refractivity contribution < 1.29 is 22.7 Å². The van der Waals surface area contributed by atoms with E-state index in [4.69, 9.17) is 9.72 Å². The third kappa shape index (κ3) is 4.94. The zero-order valence-electron chi connectivity index (χ0n) is 20.1. The zero-order valence-corrected chi connectivity index (χ0v) is 20.1. The van der Waals surface area contributed by atoms with Crippen LogP contribution in [-0.2, 0) is 10.9 Å². The summed E-state index contributed by atoms with van der Waals surface area (Å²) in [6.07, 6.45) is -4.02. The molecule has 5 nitrogen and oxygen atoms in total. The van der Waals surface area contributed by atoms with Crippen molar-refractivity contribution in [2.75, 3.05) is 4.90 Å². The number of imidazole rings is 1. The van der Waals surface area contributed by atoms with E-state index in [1.165, 1.54) is 4.90 Å². The van der Waals surface area contributed by atoms with Crippen molar-refractivity contribution in [3.63, 3.8) is 0 Å². The number of aromatic nitrogens is 2. The summed E-state index contributed by atoms with van der Waals surface area (Å²) in [5, 5.41) is 0. The fourth-order valence-electron chi connectivity index (χ4n) is 4.36. The van der Waals surface area contributed by atoms with Crippen molar-refractivity contribution >= 4 is 28.5 Å². The number of nitrogens with zero attached hydrogens (tertiary/aromatic N) is 2. The van der Waals surface area contributed by atoms with E-state index in [0.29, 0.717) is 11.4 Å². The lowest BCUT2D eigenvalue weighted by atomic mass is 10.1. The fourth-order valence-corrected chi connectivity index (χ4v) is 4.36. The number of aromatic amines is 1. The van der Waals surface area contributed by atoms with Crippen LogP contribution in [0.5, 0.6) is 0 Å². The SMILES string of the molecule is CC(C)(C)OC(=O)N(c1ccccc1)c1ccc2nc(C3CC3c3ccc(C(F)(F)F)cc3)[nH]c2c1. The highest BCUT2D eigenvalue weighted by Gasteiger charge is 2.42. The first-order chi connectivity index (χ1) is 17.0. The molecule has 2 atom stereocenters. The molecule has 2 unspecified atom stereocenters. The van der Waals surface area contributed by atoms with E-state index in [1.807, 2.05) is 69.3 Å². The van der Waals surface area contributed by atoms with Crippen molar-refractivity contribution in [1.29, 1.82) is 0 Å². The zero-order chi connectivity index (χ0) is 25.7. The molecule has 3 aromatic carbocycles. The second-order valence-electron chi connectivity index (χ2n) is 10.0. The topological polar surface area (TPSA) is 58.2 Å². The molecule has 0 radical (unpaired) electrons. The number of alkyl halides is 3. The largest absolute Gasteiger partial charge is 0.443 e. The van der Waals surface area contributed by atoms with Crippen LogP contribution in [0.2, 0.25) is 0 Å². The quantitative estimate of drug-likeness (QED) is 0.314. The number of hydrogen-bond acceptors (Lipinski definition) is 3. The smallest absolute Gasteiger partial charge is 0.419 e. The van der Waals surface area contributed by atoms with Crippen LogP contribution < -0.4 is 4.90 Å². The Balaban J connectivity index is 1.41. The van der Waals surface area contributed by atoms with Crippen LogP contribution >= 0.6 is 0 Å². The lowest BCUT2D eigenvalue weighted by Crippen LogP contribution is -2.33. The van der Waals surface area contributed by atoms with Gasteiger partial charge in [0.25, 0.3) is 0 Å². The van der Waals surface area contributed by atoms with Gasteiger partial charge in [0.2, 0.25) is 0 Å². The maximum absolute atomic E-state index is 13.1. The predicted octanol–water partition coefficient (Wildman–Crippen LogP) is 7.93. The molecule has 4 aromatic rings. The van der Waals surface area contributed by atoms with Gasteiger partial charge in [-0.3, -0.25) is 0 Å². The molecule has 1 fully saturated rings. The van der Waals surface area contributed by atoms with E-state index >= 15 is 0 Å². The Morgan fingerprint density at radius 3 is 2.28 bits per heavy atom. The normalized spacial score (nSPS) is 17.7. The Bertz CT molecular complexity index is 1390. The minimum atomic E-state index is -4.34. The van der Waals surface area contributed by atoms with Crippen LogP contribution in [0.1, 0.15) is 56.0 Å². The number of benzene rings is 3. The van der Waals surface area contributed by atoms with Crippen molar-refractivity contribution in [3.8, 4) is 0 Å². The van der Waals surface area contributed by atoms with Gasteiger partial charge in [0.15, 0.2) is 0 Å². The highest BCUT2D eigenvalue weighted by Crippen LogP contribution is 2.54. The molecule has 1 amide bonds. The summed E-state index contributed by atoms with van der Waals surface area (Å²) in [6, 6.07) is 20.2. The summed E-state index contributed by atoms with van der Waals surface area (Å²) in [7, 11) is 0. The first kappa shape index (κ1) is 23.9. The van der Waals surface area contributed by atoms with Gasteiger partial charge in [-0.25, -0.2) is 14.7 Å². The lowest BCUT2D eigenvalue weighted by molar-refractivity contribution is -0.137. The molecule has 5 rings (SSSR count). The summed E-state index contributed by atoms with van der Waals surface area (Å²) >= 11 is 0. The number of rotatable bonds is 4. The molecule has 0 spiro atoms. The maximum atomic E-state index is 13.1. The molecule has 186 valence electrons. The molecule has 1 heterocycles. The molecule has 0 saturated heterocycles. The van der Waals surface area contributed by atoms with E-state index in [2.05, 4.69) is 4.98 Å². The van der Waals surface area contributed by atoms with Crippen LogP contribution in [0.3, 0.4) is 0 Å². The standard InChI is InChI=1S/C28H26F3N3O2/c1-27(2,3)36-26(35)34(19-7-5-4-6-8-19)20-13-14-23-24(15-20)33-25(32-23)22-16-21(22)17-9-11-18(12-10-17)28(29,30)31/h4-15,21-22H,16H2,1-3H3,(H,32,33). The van der Waals surface area contributed by atoms with Crippen LogP contribution in [0.15, 0.2) is 72.8 Å². The summed E-state index contributed by atoms with van der Waals surface area (Å²) in [6.45, 7) is 5.46. The Morgan fingerprint density at radius 2 is 1.64 bits per heavy atom. The first-order valence-electron chi connectivity index (χ1n) is 11.7. The lowest BCUT2D eigenvalue weighted by Gasteiger charge is -2.27. The fraction of sp³-hybridized carbons (Fsp3) is 0.286. The van der Waals surface area contributed by atoms with E-state index < -0.39 is 23.4 Å². The molecule has 1 aliphatic carbocycles. The van der Waals surface area contributed by atoms with Gasteiger partial charge >= 0.3 is 12.3 Å². The molecular weight excluding hydrogens is 467 g/mol. The summed E-state index contributed by atoms with van der Waals surface area (Å²) in [5.74, 6) is 1.01. The van der Waals surface area contributed by atoms with Crippen molar-refractivity contribution in [1.82, 2.24) is 9.97 Å². The molecular formula is C28H26F3N3O2. The number of hydrogen-bond donors (Lipinski definition) is 1. The van der Waals surface area contributed by atoms with Gasteiger partial charge in [0.1, 0.15) is 11.4 Å². The Morgan fingerprint density at radius 1 is 0.944 bits per heavy atom. The molecule has 1 N–H and O–H groups in total. The van der Waals surface area contributed by atoms with E-state index in [1.54, 1.807) is 12.1 Å². The highest BCUT2D eigenvalue weighted by molar-refractivity contribution is 5.98. The molecule has 8 heteroatoms. The Labute approximate surface area is 206 Å². The van der Waals surface area contributed by atoms with Gasteiger partial charge in [-0.15, -0.1) is 0 Å². The number of halogens is 3. The summed E-state index contributed by atoms with van der Waals surface area (Å²) in [5.41, 5.74) is 2.40. The van der Waals surface area contributed by atoms with Crippen molar-refractivity contribution in [3.05, 3.63) is 89.7 Å². The average Bonchev–Trinajstić information content (AvgIpc) is 3.50. The number of nitrogens with one attached hydrogen (secondary N) is 1. The van der Waals surface area contributed by atoms with Gasteiger partial charge in [-0.1, -0.05) is 30.3 Å². The van der Waals surface area contributed by atoms with Gasteiger partial charge in [-0.2, -0.15) is 13.2 Å². The van der Waals surface area contributed by atoms with Crippen LogP contribution in [0.4, 0.5) is 29.3 Å². The molecule has 0 aliphatic heterocycles. The Hall–Kier alpha value is -3.81. The van der Waals surface area contributed by atoms with Gasteiger partial charge < -0.3 is 9.72 Å². The minimum Gasteiger partial charge on any atom is -0.443 e. The third-order valence-corrected chi connectivity index (χ3v) is 6.14. The number of carbonyl (C=O) groups excluding carboxylic acids is 1. The van der Waals surface area contributed by atoms with Gasteiger partial charge in [0, 0.05) is 5.92 Å². The number of anilines is 2. The summed E-state index contributed by atoms with van der Waals surface area (Å²) in [4.78, 5) is 22.7. The minimum absolute atomic E-state index is 0.105. The first-order valence-corrected chi connectivity index (χ1v) is 11.7. The number of amides is 1. The van der Waals surface area contributed by atoms with Crippen molar-refractivity contribution in [2.45, 2.75) is 50.8 Å². The monoisotopic (exact) mass is 493 g/mol. The van der Waals surface area contributed by atoms with E-state index in [9.17, 15) is 18.0 Å². The van der Waals surface area contributed by atoms with Gasteiger partial charge in [0.05, 0.1) is 28.0 Å². The van der Waals surface area contributed by atoms with Crippen LogP contribution in [-0.4, -0.2) is 21.7 Å². The highest BCUT2D eigenvalue weighted by atomic mass is 19.4. The number of H-pyrrole nitrogens is 1. The van der Waals surface area contributed by atoms with Crippen LogP contribution in [0.25, 0.3) is 11.0 Å². The number of carbonyl (C=O) groups is 1. The Kier molecular flexibility index (Phi) is 5.77. The number of ether oxygens (including phenoxy) is 1. The van der Waals surface area contributed by atoms with E-state index in [-0.39, 0.29) is 11.8 Å². The average molecular weight is 494 g/mol. The molecule has 0 bridgehead atoms. The van der Waals surface area contributed by atoms with Crippen molar-refractivity contribution in [2.24, 2.45) is 0 Å². The third-order valence-electron chi connectivity index (χ3n) is 6.14.